The summed E-state index contributed by atoms with van der Waals surface area (Å²) in [4.78, 5) is 39.1. The summed E-state index contributed by atoms with van der Waals surface area (Å²) >= 11 is 13.3. The second kappa shape index (κ2) is 12.9. The van der Waals surface area contributed by atoms with Gasteiger partial charge in [-0.15, -0.1) is 0 Å². The van der Waals surface area contributed by atoms with Crippen molar-refractivity contribution in [2.45, 2.75) is 6.92 Å². The van der Waals surface area contributed by atoms with Crippen LogP contribution in [-0.2, 0) is 9.59 Å². The number of nitrogens with zero attached hydrogens (tertiary/aromatic N) is 1. The highest BCUT2D eigenvalue weighted by Gasteiger charge is 2.35. The van der Waals surface area contributed by atoms with E-state index < -0.39 is 11.8 Å². The second-order valence-corrected chi connectivity index (χ2v) is 10.2. The molecule has 39 heavy (non-hydrogen) atoms. The molecule has 0 spiro atoms. The first kappa shape index (κ1) is 28.4. The van der Waals surface area contributed by atoms with Crippen molar-refractivity contribution in [3.05, 3.63) is 86.7 Å². The average molecular weight is 587 g/mol. The van der Waals surface area contributed by atoms with Crippen LogP contribution in [-0.4, -0.2) is 48.8 Å². The van der Waals surface area contributed by atoms with Crippen LogP contribution in [0.1, 0.15) is 11.1 Å². The van der Waals surface area contributed by atoms with Gasteiger partial charge < -0.3 is 19.5 Å². The van der Waals surface area contributed by atoms with E-state index in [2.05, 4.69) is 5.32 Å². The van der Waals surface area contributed by atoms with Crippen molar-refractivity contribution in [3.63, 3.8) is 0 Å². The predicted octanol–water partition coefficient (Wildman–Crippen LogP) is 6.44. The van der Waals surface area contributed by atoms with Crippen LogP contribution < -0.4 is 19.5 Å². The average Bonchev–Trinajstić information content (AvgIpc) is 3.17. The molecule has 0 aromatic heterocycles. The minimum atomic E-state index is -0.440. The lowest BCUT2D eigenvalue weighted by molar-refractivity contribution is -0.123. The van der Waals surface area contributed by atoms with E-state index in [0.717, 1.165) is 22.2 Å². The van der Waals surface area contributed by atoms with E-state index in [9.17, 15) is 14.4 Å². The molecule has 8 nitrogen and oxygen atoms in total. The number of hydrogen-bond acceptors (Lipinski definition) is 7. The number of carbonyl (C=O) groups excluding carboxylic acids is 3. The molecule has 0 radical (unpaired) electrons. The number of nitrogens with one attached hydrogen (secondary N) is 1. The standard InChI is InChI=1S/C28H24Cl2N2O6S/c1-17-7-9-19(10-8-17)37-12-11-32-27(34)24(39-28(32)35)15-18-13-21(30)26(23(14-18)36-2)38-16-25(33)31-22-6-4-3-5-20(22)29/h3-10,13-15H,11-12,16H2,1-2H3,(H,31,33)/b24-15-. The first-order chi connectivity index (χ1) is 18.7. The van der Waals surface area contributed by atoms with Crippen molar-refractivity contribution in [2.24, 2.45) is 0 Å². The quantitative estimate of drug-likeness (QED) is 0.273. The fourth-order valence-corrected chi connectivity index (χ4v) is 4.90. The Hall–Kier alpha value is -3.66. The van der Waals surface area contributed by atoms with Crippen molar-refractivity contribution in [1.82, 2.24) is 4.90 Å². The maximum absolute atomic E-state index is 12.9. The van der Waals surface area contributed by atoms with Crippen LogP contribution in [0.3, 0.4) is 0 Å². The van der Waals surface area contributed by atoms with Crippen LogP contribution >= 0.6 is 35.0 Å². The van der Waals surface area contributed by atoms with Crippen LogP contribution in [0.4, 0.5) is 10.5 Å². The summed E-state index contributed by atoms with van der Waals surface area (Å²) in [5.41, 5.74) is 2.08. The number of benzene rings is 3. The third kappa shape index (κ3) is 7.26. The van der Waals surface area contributed by atoms with E-state index in [4.69, 9.17) is 37.4 Å². The summed E-state index contributed by atoms with van der Waals surface area (Å²) in [5.74, 6) is 0.208. The largest absolute Gasteiger partial charge is 0.493 e. The summed E-state index contributed by atoms with van der Waals surface area (Å²) in [5, 5.41) is 2.83. The Kier molecular flexibility index (Phi) is 9.40. The number of halogens is 2. The number of para-hydroxylation sites is 1. The van der Waals surface area contributed by atoms with Gasteiger partial charge in [-0.1, -0.05) is 53.0 Å². The van der Waals surface area contributed by atoms with Gasteiger partial charge in [-0.3, -0.25) is 19.3 Å². The van der Waals surface area contributed by atoms with Crippen molar-refractivity contribution < 1.29 is 28.6 Å². The predicted molar refractivity (Wildman–Crippen MR) is 153 cm³/mol. The highest BCUT2D eigenvalue weighted by molar-refractivity contribution is 8.18. The second-order valence-electron chi connectivity index (χ2n) is 8.35. The molecule has 3 aromatic rings. The monoisotopic (exact) mass is 586 g/mol. The van der Waals surface area contributed by atoms with Crippen LogP contribution in [0.2, 0.25) is 10.0 Å². The van der Waals surface area contributed by atoms with Crippen molar-refractivity contribution in [3.8, 4) is 17.2 Å². The minimum Gasteiger partial charge on any atom is -0.493 e. The lowest BCUT2D eigenvalue weighted by Gasteiger charge is -2.14. The molecular formula is C28H24Cl2N2O6S. The molecule has 1 saturated heterocycles. The van der Waals surface area contributed by atoms with Gasteiger partial charge in [0.2, 0.25) is 0 Å². The van der Waals surface area contributed by atoms with Gasteiger partial charge in [0, 0.05) is 0 Å². The normalized spacial score (nSPS) is 14.1. The summed E-state index contributed by atoms with van der Waals surface area (Å²) in [6, 6.07) is 17.5. The number of methoxy groups -OCH3 is 1. The smallest absolute Gasteiger partial charge is 0.293 e. The maximum Gasteiger partial charge on any atom is 0.293 e. The highest BCUT2D eigenvalue weighted by atomic mass is 35.5. The molecule has 0 saturated carbocycles. The van der Waals surface area contributed by atoms with Gasteiger partial charge >= 0.3 is 0 Å². The van der Waals surface area contributed by atoms with Gasteiger partial charge in [-0.2, -0.15) is 0 Å². The number of hydrogen-bond donors (Lipinski definition) is 1. The topological polar surface area (TPSA) is 94.2 Å². The van der Waals surface area contributed by atoms with E-state index in [1.165, 1.54) is 7.11 Å². The lowest BCUT2D eigenvalue weighted by atomic mass is 10.1. The number of aryl methyl sites for hydroxylation is 1. The number of anilines is 1. The number of ether oxygens (including phenoxy) is 3. The van der Waals surface area contributed by atoms with E-state index in [0.29, 0.717) is 22.0 Å². The van der Waals surface area contributed by atoms with Gasteiger partial charge in [0.25, 0.3) is 17.1 Å². The number of imide groups is 1. The minimum absolute atomic E-state index is 0.114. The lowest BCUT2D eigenvalue weighted by Crippen LogP contribution is -2.32. The van der Waals surface area contributed by atoms with Crippen LogP contribution in [0.25, 0.3) is 6.08 Å². The molecule has 11 heteroatoms. The van der Waals surface area contributed by atoms with Crippen LogP contribution in [0.15, 0.2) is 65.6 Å². The molecule has 3 aromatic carbocycles. The van der Waals surface area contributed by atoms with Gasteiger partial charge in [0.15, 0.2) is 18.1 Å². The summed E-state index contributed by atoms with van der Waals surface area (Å²) in [6.45, 7) is 1.92. The Balaban J connectivity index is 1.39. The summed E-state index contributed by atoms with van der Waals surface area (Å²) in [7, 11) is 1.42. The molecule has 1 N–H and O–H groups in total. The van der Waals surface area contributed by atoms with Crippen molar-refractivity contribution in [2.75, 3.05) is 32.2 Å². The van der Waals surface area contributed by atoms with Gasteiger partial charge in [0.1, 0.15) is 12.4 Å². The summed E-state index contributed by atoms with van der Waals surface area (Å²) < 4.78 is 16.7. The third-order valence-corrected chi connectivity index (χ3v) is 7.04. The number of carbonyl (C=O) groups is 3. The maximum atomic E-state index is 12.9. The zero-order chi connectivity index (χ0) is 27.9. The first-order valence-electron chi connectivity index (χ1n) is 11.7. The molecule has 1 heterocycles. The fourth-order valence-electron chi connectivity index (χ4n) is 3.58. The molecule has 0 bridgehead atoms. The number of rotatable bonds is 10. The third-order valence-electron chi connectivity index (χ3n) is 5.52. The Labute approximate surface area is 239 Å². The Morgan fingerprint density at radius 1 is 1.03 bits per heavy atom. The van der Waals surface area contributed by atoms with Crippen molar-refractivity contribution in [1.29, 1.82) is 0 Å². The van der Waals surface area contributed by atoms with E-state index in [-0.39, 0.29) is 46.4 Å². The van der Waals surface area contributed by atoms with Crippen molar-refractivity contribution >= 4 is 63.8 Å². The van der Waals surface area contributed by atoms with Gasteiger partial charge in [-0.25, -0.2) is 0 Å². The molecule has 1 fully saturated rings. The molecule has 1 aliphatic rings. The molecular weight excluding hydrogens is 563 g/mol. The van der Waals surface area contributed by atoms with Crippen LogP contribution in [0.5, 0.6) is 17.2 Å². The number of amides is 3. The Morgan fingerprint density at radius 2 is 1.77 bits per heavy atom. The first-order valence-corrected chi connectivity index (χ1v) is 13.3. The molecule has 1 aliphatic heterocycles. The van der Waals surface area contributed by atoms with E-state index in [1.807, 2.05) is 31.2 Å². The molecule has 0 atom stereocenters. The van der Waals surface area contributed by atoms with E-state index >= 15 is 0 Å². The highest BCUT2D eigenvalue weighted by Crippen LogP contribution is 2.39. The fraction of sp³-hybridized carbons (Fsp3) is 0.179. The zero-order valence-corrected chi connectivity index (χ0v) is 23.4. The molecule has 0 unspecified atom stereocenters. The van der Waals surface area contributed by atoms with Crippen LogP contribution in [0, 0.1) is 6.92 Å². The molecule has 4 rings (SSSR count). The molecule has 3 amide bonds. The van der Waals surface area contributed by atoms with Gasteiger partial charge in [0.05, 0.1) is 34.3 Å². The molecule has 0 aliphatic carbocycles. The SMILES string of the molecule is COc1cc(/C=C2\SC(=O)N(CCOc3ccc(C)cc3)C2=O)cc(Cl)c1OCC(=O)Nc1ccccc1Cl. The Morgan fingerprint density at radius 3 is 2.49 bits per heavy atom. The number of thioether (sulfide) groups is 1. The Bertz CT molecular complexity index is 1430. The van der Waals surface area contributed by atoms with E-state index in [1.54, 1.807) is 42.5 Å². The molecule has 202 valence electrons. The van der Waals surface area contributed by atoms with Gasteiger partial charge in [-0.05, 0) is 66.7 Å². The zero-order valence-electron chi connectivity index (χ0n) is 21.0. The summed E-state index contributed by atoms with van der Waals surface area (Å²) in [6.07, 6.45) is 1.55.